The summed E-state index contributed by atoms with van der Waals surface area (Å²) < 4.78 is 5.13. The third kappa shape index (κ3) is 3.55. The van der Waals surface area contributed by atoms with Crippen molar-refractivity contribution in [1.29, 1.82) is 0 Å². The summed E-state index contributed by atoms with van der Waals surface area (Å²) in [7, 11) is 1.59. The maximum atomic E-state index is 12.1. The summed E-state index contributed by atoms with van der Waals surface area (Å²) in [5, 5.41) is 6.73. The largest absolute Gasteiger partial charge is 0.497 e. The van der Waals surface area contributed by atoms with Gasteiger partial charge in [-0.05, 0) is 24.3 Å². The molecular formula is C17H16N4O2. The predicted molar refractivity (Wildman–Crippen MR) is 89.7 cm³/mol. The highest BCUT2D eigenvalue weighted by atomic mass is 16.5. The number of benzene rings is 2. The molecule has 1 aromatic heterocycles. The van der Waals surface area contributed by atoms with Gasteiger partial charge in [-0.25, -0.2) is 9.97 Å². The molecule has 3 aromatic rings. The van der Waals surface area contributed by atoms with E-state index in [-0.39, 0.29) is 12.5 Å². The summed E-state index contributed by atoms with van der Waals surface area (Å²) in [6, 6.07) is 14.8. The van der Waals surface area contributed by atoms with Crippen molar-refractivity contribution in [2.24, 2.45) is 0 Å². The Morgan fingerprint density at radius 2 is 2.00 bits per heavy atom. The van der Waals surface area contributed by atoms with Crippen LogP contribution in [-0.4, -0.2) is 29.5 Å². The van der Waals surface area contributed by atoms with E-state index in [0.717, 1.165) is 10.9 Å². The summed E-state index contributed by atoms with van der Waals surface area (Å²) in [5.41, 5.74) is 1.52. The molecule has 0 bridgehead atoms. The minimum atomic E-state index is -0.166. The van der Waals surface area contributed by atoms with Crippen molar-refractivity contribution in [3.05, 3.63) is 54.9 Å². The zero-order chi connectivity index (χ0) is 16.1. The fourth-order valence-corrected chi connectivity index (χ4v) is 2.22. The second kappa shape index (κ2) is 6.74. The van der Waals surface area contributed by atoms with Gasteiger partial charge < -0.3 is 15.4 Å². The lowest BCUT2D eigenvalue weighted by Gasteiger charge is -2.09. The zero-order valence-corrected chi connectivity index (χ0v) is 12.6. The smallest absolute Gasteiger partial charge is 0.243 e. The van der Waals surface area contributed by atoms with E-state index in [2.05, 4.69) is 20.6 Å². The van der Waals surface area contributed by atoms with Gasteiger partial charge in [0.15, 0.2) is 0 Å². The Bertz CT molecular complexity index is 830. The van der Waals surface area contributed by atoms with Gasteiger partial charge in [0.25, 0.3) is 0 Å². The molecule has 0 radical (unpaired) electrons. The molecule has 0 fully saturated rings. The first kappa shape index (κ1) is 14.8. The lowest BCUT2D eigenvalue weighted by Crippen LogP contribution is -2.22. The molecule has 0 aliphatic rings. The molecule has 0 aliphatic heterocycles. The number of para-hydroxylation sites is 1. The van der Waals surface area contributed by atoms with E-state index in [1.165, 1.54) is 6.33 Å². The van der Waals surface area contributed by atoms with Gasteiger partial charge in [0.05, 0.1) is 19.2 Å². The minimum absolute atomic E-state index is 0.109. The van der Waals surface area contributed by atoms with E-state index in [0.29, 0.717) is 17.3 Å². The van der Waals surface area contributed by atoms with Gasteiger partial charge in [-0.2, -0.15) is 0 Å². The molecule has 2 aromatic carbocycles. The highest BCUT2D eigenvalue weighted by molar-refractivity contribution is 5.96. The van der Waals surface area contributed by atoms with Crippen LogP contribution in [-0.2, 0) is 4.79 Å². The van der Waals surface area contributed by atoms with E-state index < -0.39 is 0 Å². The van der Waals surface area contributed by atoms with Crippen LogP contribution in [0.1, 0.15) is 0 Å². The number of hydrogen-bond acceptors (Lipinski definition) is 5. The van der Waals surface area contributed by atoms with Crippen LogP contribution in [0.2, 0.25) is 0 Å². The van der Waals surface area contributed by atoms with Crippen molar-refractivity contribution in [2.45, 2.75) is 0 Å². The molecule has 2 N–H and O–H groups in total. The molecule has 0 saturated heterocycles. The standard InChI is InChI=1S/C17H16N4O2/c1-23-13-6-4-5-12(9-13)21-16(22)10-18-17-14-7-2-3-8-15(14)19-11-20-17/h2-9,11H,10H2,1H3,(H,21,22)(H,18,19,20). The number of amides is 1. The summed E-state index contributed by atoms with van der Waals surface area (Å²) >= 11 is 0. The van der Waals surface area contributed by atoms with Crippen LogP contribution >= 0.6 is 0 Å². The molecular weight excluding hydrogens is 292 g/mol. The fraction of sp³-hybridized carbons (Fsp3) is 0.118. The van der Waals surface area contributed by atoms with E-state index in [1.54, 1.807) is 19.2 Å². The number of hydrogen-bond donors (Lipinski definition) is 2. The molecule has 23 heavy (non-hydrogen) atoms. The Hall–Kier alpha value is -3.15. The molecule has 116 valence electrons. The first-order valence-corrected chi connectivity index (χ1v) is 7.14. The third-order valence-corrected chi connectivity index (χ3v) is 3.31. The number of carbonyl (C=O) groups is 1. The summed E-state index contributed by atoms with van der Waals surface area (Å²) in [6.45, 7) is 0.109. The number of aromatic nitrogens is 2. The van der Waals surface area contributed by atoms with Crippen molar-refractivity contribution >= 4 is 28.3 Å². The first-order valence-electron chi connectivity index (χ1n) is 7.14. The van der Waals surface area contributed by atoms with Gasteiger partial charge in [-0.3, -0.25) is 4.79 Å². The van der Waals surface area contributed by atoms with Crippen LogP contribution in [0.3, 0.4) is 0 Å². The van der Waals surface area contributed by atoms with Gasteiger partial charge in [0.2, 0.25) is 5.91 Å². The average molecular weight is 308 g/mol. The Kier molecular flexibility index (Phi) is 4.33. The van der Waals surface area contributed by atoms with Crippen molar-refractivity contribution in [1.82, 2.24) is 9.97 Å². The molecule has 0 unspecified atom stereocenters. The van der Waals surface area contributed by atoms with Crippen molar-refractivity contribution < 1.29 is 9.53 Å². The number of methoxy groups -OCH3 is 1. The number of ether oxygens (including phenoxy) is 1. The molecule has 3 rings (SSSR count). The topological polar surface area (TPSA) is 76.1 Å². The third-order valence-electron chi connectivity index (χ3n) is 3.31. The van der Waals surface area contributed by atoms with E-state index >= 15 is 0 Å². The van der Waals surface area contributed by atoms with Gasteiger partial charge in [-0.1, -0.05) is 18.2 Å². The number of rotatable bonds is 5. The molecule has 0 saturated carbocycles. The van der Waals surface area contributed by atoms with Crippen LogP contribution in [0, 0.1) is 0 Å². The highest BCUT2D eigenvalue weighted by Crippen LogP contribution is 2.19. The van der Waals surface area contributed by atoms with Crippen LogP contribution < -0.4 is 15.4 Å². The Balaban J connectivity index is 1.66. The Morgan fingerprint density at radius 1 is 1.13 bits per heavy atom. The highest BCUT2D eigenvalue weighted by Gasteiger charge is 2.06. The monoisotopic (exact) mass is 308 g/mol. The van der Waals surface area contributed by atoms with Crippen molar-refractivity contribution in [2.75, 3.05) is 24.3 Å². The molecule has 0 aliphatic carbocycles. The second-order valence-corrected chi connectivity index (χ2v) is 4.87. The van der Waals surface area contributed by atoms with Gasteiger partial charge in [0, 0.05) is 17.1 Å². The van der Waals surface area contributed by atoms with Gasteiger partial charge >= 0.3 is 0 Å². The number of carbonyl (C=O) groups excluding carboxylic acids is 1. The molecule has 1 amide bonds. The SMILES string of the molecule is COc1cccc(NC(=O)CNc2ncnc3ccccc23)c1. The summed E-state index contributed by atoms with van der Waals surface area (Å²) in [5.74, 6) is 1.16. The predicted octanol–water partition coefficient (Wildman–Crippen LogP) is 2.69. The Morgan fingerprint density at radius 3 is 2.87 bits per heavy atom. The lowest BCUT2D eigenvalue weighted by atomic mass is 10.2. The number of nitrogens with zero attached hydrogens (tertiary/aromatic N) is 2. The fourth-order valence-electron chi connectivity index (χ4n) is 2.22. The number of anilines is 2. The molecule has 6 heteroatoms. The average Bonchev–Trinajstić information content (AvgIpc) is 2.60. The number of fused-ring (bicyclic) bond motifs is 1. The normalized spacial score (nSPS) is 10.3. The van der Waals surface area contributed by atoms with E-state index in [4.69, 9.17) is 4.74 Å². The molecule has 6 nitrogen and oxygen atoms in total. The lowest BCUT2D eigenvalue weighted by molar-refractivity contribution is -0.114. The van der Waals surface area contributed by atoms with Crippen LogP contribution in [0.4, 0.5) is 11.5 Å². The van der Waals surface area contributed by atoms with Crippen molar-refractivity contribution in [3.8, 4) is 5.75 Å². The number of nitrogens with one attached hydrogen (secondary N) is 2. The molecule has 0 spiro atoms. The summed E-state index contributed by atoms with van der Waals surface area (Å²) in [6.07, 6.45) is 1.48. The van der Waals surface area contributed by atoms with Crippen LogP contribution in [0.25, 0.3) is 10.9 Å². The van der Waals surface area contributed by atoms with Gasteiger partial charge in [0.1, 0.15) is 17.9 Å². The van der Waals surface area contributed by atoms with Crippen LogP contribution in [0.15, 0.2) is 54.9 Å². The summed E-state index contributed by atoms with van der Waals surface area (Å²) in [4.78, 5) is 20.4. The maximum absolute atomic E-state index is 12.1. The minimum Gasteiger partial charge on any atom is -0.497 e. The van der Waals surface area contributed by atoms with E-state index in [9.17, 15) is 4.79 Å². The first-order chi connectivity index (χ1) is 11.3. The quantitative estimate of drug-likeness (QED) is 0.758. The molecule has 0 atom stereocenters. The zero-order valence-electron chi connectivity index (χ0n) is 12.6. The van der Waals surface area contributed by atoms with Crippen LogP contribution in [0.5, 0.6) is 5.75 Å². The van der Waals surface area contributed by atoms with Crippen molar-refractivity contribution in [3.63, 3.8) is 0 Å². The second-order valence-electron chi connectivity index (χ2n) is 4.87. The van der Waals surface area contributed by atoms with E-state index in [1.807, 2.05) is 36.4 Å². The molecule has 1 heterocycles. The maximum Gasteiger partial charge on any atom is 0.243 e. The van der Waals surface area contributed by atoms with Gasteiger partial charge in [-0.15, -0.1) is 0 Å². The Labute approximate surface area is 133 Å².